The van der Waals surface area contributed by atoms with Crippen molar-refractivity contribution in [2.45, 2.75) is 39.3 Å². The van der Waals surface area contributed by atoms with E-state index in [4.69, 9.17) is 15.2 Å². The number of hydrogen-bond acceptors (Lipinski definition) is 4. The van der Waals surface area contributed by atoms with E-state index in [2.05, 4.69) is 12.2 Å². The topological polar surface area (TPSA) is 73.6 Å². The van der Waals surface area contributed by atoms with Gasteiger partial charge in [0.1, 0.15) is 0 Å². The van der Waals surface area contributed by atoms with Gasteiger partial charge in [0.15, 0.2) is 11.5 Å². The average Bonchev–Trinajstić information content (AvgIpc) is 2.42. The second kappa shape index (κ2) is 8.43. The highest BCUT2D eigenvalue weighted by molar-refractivity contribution is 5.74. The Morgan fingerprint density at radius 2 is 2.15 bits per heavy atom. The molecule has 1 rings (SSSR count). The van der Waals surface area contributed by atoms with Gasteiger partial charge >= 0.3 is 0 Å². The SMILES string of the molecule is CCCOc1ccc(CNC(C)CC(N)=O)cc1OC. The Kier molecular flexibility index (Phi) is 6.87. The number of hydrogen-bond donors (Lipinski definition) is 2. The lowest BCUT2D eigenvalue weighted by Crippen LogP contribution is -2.30. The number of rotatable bonds is 9. The number of benzene rings is 1. The maximum Gasteiger partial charge on any atom is 0.218 e. The van der Waals surface area contributed by atoms with Crippen LogP contribution in [0.3, 0.4) is 0 Å². The van der Waals surface area contributed by atoms with Gasteiger partial charge in [-0.25, -0.2) is 0 Å². The van der Waals surface area contributed by atoms with E-state index in [1.807, 2.05) is 25.1 Å². The summed E-state index contributed by atoms with van der Waals surface area (Å²) in [6, 6.07) is 5.88. The van der Waals surface area contributed by atoms with Crippen molar-refractivity contribution in [3.63, 3.8) is 0 Å². The minimum atomic E-state index is -0.300. The number of carbonyl (C=O) groups excluding carboxylic acids is 1. The molecule has 0 bridgehead atoms. The van der Waals surface area contributed by atoms with Gasteiger partial charge in [0, 0.05) is 19.0 Å². The van der Waals surface area contributed by atoms with Crippen LogP contribution in [0.15, 0.2) is 18.2 Å². The quantitative estimate of drug-likeness (QED) is 0.724. The highest BCUT2D eigenvalue weighted by Crippen LogP contribution is 2.28. The van der Waals surface area contributed by atoms with E-state index >= 15 is 0 Å². The van der Waals surface area contributed by atoms with Gasteiger partial charge in [0.05, 0.1) is 13.7 Å². The lowest BCUT2D eigenvalue weighted by Gasteiger charge is -2.14. The van der Waals surface area contributed by atoms with Crippen LogP contribution in [0.2, 0.25) is 0 Å². The van der Waals surface area contributed by atoms with Crippen LogP contribution in [0.1, 0.15) is 32.3 Å². The summed E-state index contributed by atoms with van der Waals surface area (Å²) in [6.07, 6.45) is 1.28. The molecule has 1 aromatic rings. The number of nitrogens with two attached hydrogens (primary N) is 1. The maximum absolute atomic E-state index is 10.8. The molecule has 1 amide bonds. The Labute approximate surface area is 120 Å². The van der Waals surface area contributed by atoms with Gasteiger partial charge < -0.3 is 20.5 Å². The Balaban J connectivity index is 2.61. The fourth-order valence-corrected chi connectivity index (χ4v) is 1.82. The standard InChI is InChI=1S/C15H24N2O3/c1-4-7-20-13-6-5-12(9-14(13)19-3)10-17-11(2)8-15(16)18/h5-6,9,11,17H,4,7-8,10H2,1-3H3,(H2,16,18). The van der Waals surface area contributed by atoms with E-state index in [1.54, 1.807) is 7.11 Å². The molecule has 0 heterocycles. The maximum atomic E-state index is 10.8. The fourth-order valence-electron chi connectivity index (χ4n) is 1.82. The molecular weight excluding hydrogens is 256 g/mol. The molecule has 0 spiro atoms. The van der Waals surface area contributed by atoms with Gasteiger partial charge in [0.2, 0.25) is 5.91 Å². The van der Waals surface area contributed by atoms with E-state index in [1.165, 1.54) is 0 Å². The van der Waals surface area contributed by atoms with E-state index in [0.29, 0.717) is 19.6 Å². The zero-order valence-electron chi connectivity index (χ0n) is 12.4. The molecular formula is C15H24N2O3. The van der Waals surface area contributed by atoms with E-state index in [-0.39, 0.29) is 11.9 Å². The summed E-state index contributed by atoms with van der Waals surface area (Å²) in [5.74, 6) is 1.18. The molecule has 0 saturated heterocycles. The van der Waals surface area contributed by atoms with E-state index in [0.717, 1.165) is 23.5 Å². The van der Waals surface area contributed by atoms with Crippen LogP contribution in [0.5, 0.6) is 11.5 Å². The zero-order chi connectivity index (χ0) is 15.0. The number of amides is 1. The molecule has 112 valence electrons. The van der Waals surface area contributed by atoms with Gasteiger partial charge in [-0.1, -0.05) is 13.0 Å². The lowest BCUT2D eigenvalue weighted by atomic mass is 10.1. The second-order valence-electron chi connectivity index (χ2n) is 4.79. The summed E-state index contributed by atoms with van der Waals surface area (Å²) >= 11 is 0. The molecule has 20 heavy (non-hydrogen) atoms. The van der Waals surface area contributed by atoms with Crippen LogP contribution < -0.4 is 20.5 Å². The van der Waals surface area contributed by atoms with Crippen molar-refractivity contribution in [3.05, 3.63) is 23.8 Å². The third-order valence-electron chi connectivity index (χ3n) is 2.85. The van der Waals surface area contributed by atoms with E-state index < -0.39 is 0 Å². The molecule has 0 saturated carbocycles. The van der Waals surface area contributed by atoms with Crippen LogP contribution in [0.4, 0.5) is 0 Å². The van der Waals surface area contributed by atoms with Crippen molar-refractivity contribution in [2.24, 2.45) is 5.73 Å². The molecule has 1 aromatic carbocycles. The average molecular weight is 280 g/mol. The Hall–Kier alpha value is -1.75. The highest BCUT2D eigenvalue weighted by Gasteiger charge is 2.08. The number of nitrogens with one attached hydrogen (secondary N) is 1. The molecule has 0 aromatic heterocycles. The van der Waals surface area contributed by atoms with Gasteiger partial charge in [-0.15, -0.1) is 0 Å². The number of primary amides is 1. The molecule has 1 unspecified atom stereocenters. The first kappa shape index (κ1) is 16.3. The van der Waals surface area contributed by atoms with Crippen molar-refractivity contribution in [1.82, 2.24) is 5.32 Å². The molecule has 3 N–H and O–H groups in total. The van der Waals surface area contributed by atoms with Gasteiger partial charge in [0.25, 0.3) is 0 Å². The predicted octanol–water partition coefficient (Wildman–Crippen LogP) is 1.84. The molecule has 5 nitrogen and oxygen atoms in total. The summed E-state index contributed by atoms with van der Waals surface area (Å²) in [5.41, 5.74) is 6.23. The summed E-state index contributed by atoms with van der Waals surface area (Å²) in [4.78, 5) is 10.8. The van der Waals surface area contributed by atoms with Gasteiger partial charge in [-0.3, -0.25) is 4.79 Å². The molecule has 0 aliphatic heterocycles. The van der Waals surface area contributed by atoms with Crippen molar-refractivity contribution in [2.75, 3.05) is 13.7 Å². The van der Waals surface area contributed by atoms with Crippen LogP contribution in [-0.2, 0) is 11.3 Å². The lowest BCUT2D eigenvalue weighted by molar-refractivity contribution is -0.118. The zero-order valence-corrected chi connectivity index (χ0v) is 12.4. The summed E-state index contributed by atoms with van der Waals surface area (Å²) in [7, 11) is 1.63. The number of methoxy groups -OCH3 is 1. The number of carbonyl (C=O) groups is 1. The largest absolute Gasteiger partial charge is 0.493 e. The third kappa shape index (κ3) is 5.48. The molecule has 1 atom stereocenters. The first-order valence-electron chi connectivity index (χ1n) is 6.88. The van der Waals surface area contributed by atoms with Gasteiger partial charge in [-0.05, 0) is 31.0 Å². The number of ether oxygens (including phenoxy) is 2. The normalized spacial score (nSPS) is 11.9. The minimum Gasteiger partial charge on any atom is -0.493 e. The van der Waals surface area contributed by atoms with Crippen LogP contribution in [0.25, 0.3) is 0 Å². The van der Waals surface area contributed by atoms with Crippen molar-refractivity contribution in [1.29, 1.82) is 0 Å². The molecule has 0 aliphatic carbocycles. The van der Waals surface area contributed by atoms with Crippen molar-refractivity contribution in [3.8, 4) is 11.5 Å². The Morgan fingerprint density at radius 1 is 1.40 bits per heavy atom. The Bertz CT molecular complexity index is 435. The first-order valence-corrected chi connectivity index (χ1v) is 6.88. The highest BCUT2D eigenvalue weighted by atomic mass is 16.5. The van der Waals surface area contributed by atoms with Gasteiger partial charge in [-0.2, -0.15) is 0 Å². The van der Waals surface area contributed by atoms with Crippen LogP contribution >= 0.6 is 0 Å². The Morgan fingerprint density at radius 3 is 2.75 bits per heavy atom. The summed E-state index contributed by atoms with van der Waals surface area (Å²) in [6.45, 7) is 5.31. The minimum absolute atomic E-state index is 0.0505. The third-order valence-corrected chi connectivity index (χ3v) is 2.85. The molecule has 5 heteroatoms. The van der Waals surface area contributed by atoms with Crippen molar-refractivity contribution < 1.29 is 14.3 Å². The van der Waals surface area contributed by atoms with Crippen molar-refractivity contribution >= 4 is 5.91 Å². The van der Waals surface area contributed by atoms with Crippen LogP contribution in [-0.4, -0.2) is 25.7 Å². The summed E-state index contributed by atoms with van der Waals surface area (Å²) in [5, 5.41) is 3.25. The van der Waals surface area contributed by atoms with E-state index in [9.17, 15) is 4.79 Å². The smallest absolute Gasteiger partial charge is 0.218 e. The fraction of sp³-hybridized carbons (Fsp3) is 0.533. The van der Waals surface area contributed by atoms with Crippen LogP contribution in [0, 0.1) is 0 Å². The first-order chi connectivity index (χ1) is 9.56. The molecule has 0 fully saturated rings. The second-order valence-corrected chi connectivity index (χ2v) is 4.79. The molecule has 0 aliphatic rings. The summed E-state index contributed by atoms with van der Waals surface area (Å²) < 4.78 is 10.9. The molecule has 0 radical (unpaired) electrons. The predicted molar refractivity (Wildman–Crippen MR) is 78.9 cm³/mol. The monoisotopic (exact) mass is 280 g/mol.